The van der Waals surface area contributed by atoms with E-state index in [-0.39, 0.29) is 5.91 Å². The number of aromatic amines is 1. The zero-order valence-electron chi connectivity index (χ0n) is 15.7. The summed E-state index contributed by atoms with van der Waals surface area (Å²) in [7, 11) is 3.45. The van der Waals surface area contributed by atoms with Crippen LogP contribution >= 0.6 is 0 Å². The van der Waals surface area contributed by atoms with Gasteiger partial charge >= 0.3 is 0 Å². The van der Waals surface area contributed by atoms with Gasteiger partial charge in [-0.1, -0.05) is 12.1 Å². The molecule has 0 spiro atoms. The molecule has 0 saturated heterocycles. The molecule has 4 aromatic rings. The van der Waals surface area contributed by atoms with Crippen LogP contribution in [0.25, 0.3) is 11.0 Å². The molecule has 3 heterocycles. The van der Waals surface area contributed by atoms with Crippen molar-refractivity contribution in [2.75, 3.05) is 17.7 Å². The second-order valence-corrected chi connectivity index (χ2v) is 6.31. The van der Waals surface area contributed by atoms with Crippen LogP contribution in [0.3, 0.4) is 0 Å². The summed E-state index contributed by atoms with van der Waals surface area (Å²) in [6.45, 7) is 1.92. The Morgan fingerprint density at radius 3 is 2.71 bits per heavy atom. The average molecular weight is 376 g/mol. The van der Waals surface area contributed by atoms with Crippen LogP contribution in [0.1, 0.15) is 16.1 Å². The van der Waals surface area contributed by atoms with E-state index in [2.05, 4.69) is 36.0 Å². The van der Waals surface area contributed by atoms with Crippen molar-refractivity contribution >= 4 is 40.2 Å². The Bertz CT molecular complexity index is 1160. The number of fused-ring (bicyclic) bond motifs is 1. The molecule has 3 aromatic heterocycles. The molecule has 0 atom stereocenters. The van der Waals surface area contributed by atoms with Gasteiger partial charge in [0.15, 0.2) is 0 Å². The van der Waals surface area contributed by atoms with E-state index in [0.29, 0.717) is 28.7 Å². The van der Waals surface area contributed by atoms with Crippen molar-refractivity contribution in [1.82, 2.24) is 30.0 Å². The van der Waals surface area contributed by atoms with Gasteiger partial charge in [0.25, 0.3) is 5.91 Å². The molecule has 0 fully saturated rings. The largest absolute Gasteiger partial charge is 0.355 e. The van der Waals surface area contributed by atoms with E-state index in [1.807, 2.05) is 44.3 Å². The lowest BCUT2D eigenvalue weighted by Gasteiger charge is -2.13. The van der Waals surface area contributed by atoms with Crippen molar-refractivity contribution in [3.8, 4) is 0 Å². The third-order valence-electron chi connectivity index (χ3n) is 4.31. The van der Waals surface area contributed by atoms with Gasteiger partial charge < -0.3 is 20.9 Å². The van der Waals surface area contributed by atoms with Gasteiger partial charge in [0.1, 0.15) is 17.3 Å². The molecule has 4 N–H and O–H groups in total. The Labute approximate surface area is 161 Å². The molecule has 0 aliphatic heterocycles. The summed E-state index contributed by atoms with van der Waals surface area (Å²) in [6, 6.07) is 11.1. The summed E-state index contributed by atoms with van der Waals surface area (Å²) < 4.78 is 1.73. The molecule has 28 heavy (non-hydrogen) atoms. The molecule has 1 amide bonds. The van der Waals surface area contributed by atoms with Crippen molar-refractivity contribution in [1.29, 1.82) is 0 Å². The molecule has 0 unspecified atom stereocenters. The van der Waals surface area contributed by atoms with Crippen LogP contribution in [0.15, 0.2) is 42.6 Å². The molecule has 0 radical (unpaired) electrons. The summed E-state index contributed by atoms with van der Waals surface area (Å²) >= 11 is 0. The lowest BCUT2D eigenvalue weighted by atomic mass is 10.1. The SMILES string of the molecule is CNC(=O)c1ccccc1Nc1nc(Nc2cc(C)nn2C)nc2[nH]ccc12. The number of aryl methyl sites for hydroxylation is 2. The van der Waals surface area contributed by atoms with E-state index in [1.165, 1.54) is 0 Å². The maximum absolute atomic E-state index is 12.2. The Kier molecular flexibility index (Phi) is 4.40. The molecule has 0 aliphatic rings. The first-order valence-electron chi connectivity index (χ1n) is 8.76. The predicted octanol–water partition coefficient (Wildman–Crippen LogP) is 2.85. The molecule has 9 nitrogen and oxygen atoms in total. The van der Waals surface area contributed by atoms with Gasteiger partial charge in [-0.05, 0) is 25.1 Å². The Balaban J connectivity index is 1.74. The fourth-order valence-electron chi connectivity index (χ4n) is 2.99. The van der Waals surface area contributed by atoms with Crippen LogP contribution in [0.2, 0.25) is 0 Å². The lowest BCUT2D eigenvalue weighted by molar-refractivity contribution is 0.0964. The Morgan fingerprint density at radius 2 is 1.96 bits per heavy atom. The van der Waals surface area contributed by atoms with Crippen molar-refractivity contribution < 1.29 is 4.79 Å². The highest BCUT2D eigenvalue weighted by Crippen LogP contribution is 2.27. The number of aromatic nitrogens is 5. The first kappa shape index (κ1) is 17.5. The third-order valence-corrected chi connectivity index (χ3v) is 4.31. The zero-order valence-corrected chi connectivity index (χ0v) is 15.7. The van der Waals surface area contributed by atoms with Gasteiger partial charge in [0, 0.05) is 26.4 Å². The molecule has 0 saturated carbocycles. The van der Waals surface area contributed by atoms with Crippen molar-refractivity contribution in [2.45, 2.75) is 6.92 Å². The van der Waals surface area contributed by atoms with Gasteiger partial charge in [0.2, 0.25) is 5.95 Å². The van der Waals surface area contributed by atoms with E-state index in [0.717, 1.165) is 16.9 Å². The van der Waals surface area contributed by atoms with Gasteiger partial charge in [-0.3, -0.25) is 9.48 Å². The van der Waals surface area contributed by atoms with Crippen molar-refractivity contribution in [2.24, 2.45) is 7.05 Å². The number of para-hydroxylation sites is 1. The summed E-state index contributed by atoms with van der Waals surface area (Å²) in [5.41, 5.74) is 2.76. The minimum Gasteiger partial charge on any atom is -0.355 e. The quantitative estimate of drug-likeness (QED) is 0.426. The number of hydrogen-bond donors (Lipinski definition) is 4. The number of H-pyrrole nitrogens is 1. The van der Waals surface area contributed by atoms with Gasteiger partial charge in [-0.15, -0.1) is 0 Å². The standard InChI is InChI=1S/C19H20N8O/c1-11-10-15(27(3)26-11)23-19-24-16-13(8-9-21-16)17(25-19)22-14-7-5-4-6-12(14)18(28)20-2/h4-10H,1-3H3,(H,20,28)(H3,21,22,23,24,25). The summed E-state index contributed by atoms with van der Waals surface area (Å²) in [5, 5.41) is 14.2. The van der Waals surface area contributed by atoms with E-state index in [4.69, 9.17) is 0 Å². The molecule has 142 valence electrons. The summed E-state index contributed by atoms with van der Waals surface area (Å²) in [5.74, 6) is 1.60. The first-order chi connectivity index (χ1) is 13.5. The number of benzene rings is 1. The number of nitrogens with zero attached hydrogens (tertiary/aromatic N) is 4. The third kappa shape index (κ3) is 3.25. The fourth-order valence-corrected chi connectivity index (χ4v) is 2.99. The van der Waals surface area contributed by atoms with E-state index in [9.17, 15) is 4.79 Å². The Hall–Kier alpha value is -3.88. The zero-order chi connectivity index (χ0) is 19.7. The predicted molar refractivity (Wildman–Crippen MR) is 108 cm³/mol. The van der Waals surface area contributed by atoms with Gasteiger partial charge in [-0.2, -0.15) is 15.1 Å². The maximum atomic E-state index is 12.2. The summed E-state index contributed by atoms with van der Waals surface area (Å²) in [6.07, 6.45) is 1.80. The number of amides is 1. The highest BCUT2D eigenvalue weighted by atomic mass is 16.1. The van der Waals surface area contributed by atoms with E-state index < -0.39 is 0 Å². The smallest absolute Gasteiger partial charge is 0.253 e. The molecule has 4 rings (SSSR count). The van der Waals surface area contributed by atoms with Crippen molar-refractivity contribution in [3.05, 3.63) is 53.9 Å². The van der Waals surface area contributed by atoms with E-state index in [1.54, 1.807) is 24.0 Å². The number of nitrogens with one attached hydrogen (secondary N) is 4. The van der Waals surface area contributed by atoms with Gasteiger partial charge in [-0.25, -0.2) is 0 Å². The molecule has 0 aliphatic carbocycles. The molecule has 1 aromatic carbocycles. The topological polar surface area (TPSA) is 113 Å². The molecular weight excluding hydrogens is 356 g/mol. The monoisotopic (exact) mass is 376 g/mol. The van der Waals surface area contributed by atoms with Crippen LogP contribution < -0.4 is 16.0 Å². The number of carbonyl (C=O) groups is 1. The minimum atomic E-state index is -0.175. The van der Waals surface area contributed by atoms with Crippen LogP contribution in [0, 0.1) is 6.92 Å². The molecule has 0 bridgehead atoms. The highest BCUT2D eigenvalue weighted by Gasteiger charge is 2.14. The maximum Gasteiger partial charge on any atom is 0.253 e. The minimum absolute atomic E-state index is 0.175. The van der Waals surface area contributed by atoms with E-state index >= 15 is 0 Å². The van der Waals surface area contributed by atoms with Gasteiger partial charge in [0.05, 0.1) is 22.3 Å². The fraction of sp³-hybridized carbons (Fsp3) is 0.158. The highest BCUT2D eigenvalue weighted by molar-refractivity contribution is 6.01. The normalized spacial score (nSPS) is 10.8. The average Bonchev–Trinajstić information content (AvgIpc) is 3.27. The van der Waals surface area contributed by atoms with Crippen molar-refractivity contribution in [3.63, 3.8) is 0 Å². The molecule has 9 heteroatoms. The summed E-state index contributed by atoms with van der Waals surface area (Å²) in [4.78, 5) is 24.4. The second-order valence-electron chi connectivity index (χ2n) is 6.31. The number of rotatable bonds is 5. The Morgan fingerprint density at radius 1 is 1.14 bits per heavy atom. The second kappa shape index (κ2) is 7.03. The lowest BCUT2D eigenvalue weighted by Crippen LogP contribution is -2.19. The van der Waals surface area contributed by atoms with Crippen LogP contribution in [0.4, 0.5) is 23.3 Å². The number of hydrogen-bond acceptors (Lipinski definition) is 6. The van der Waals surface area contributed by atoms with Crippen LogP contribution in [-0.4, -0.2) is 37.7 Å². The number of carbonyl (C=O) groups excluding carboxylic acids is 1. The number of anilines is 4. The first-order valence-corrected chi connectivity index (χ1v) is 8.76. The van der Waals surface area contributed by atoms with Crippen LogP contribution in [-0.2, 0) is 7.05 Å². The van der Waals surface area contributed by atoms with Crippen LogP contribution in [0.5, 0.6) is 0 Å². The molecular formula is C19H20N8O.